The van der Waals surface area contributed by atoms with Crippen molar-refractivity contribution in [1.29, 1.82) is 0 Å². The topological polar surface area (TPSA) is 74.8 Å². The highest BCUT2D eigenvalue weighted by Gasteiger charge is 2.21. The van der Waals surface area contributed by atoms with E-state index in [9.17, 15) is 8.42 Å². The largest absolute Gasteiger partial charge is 0.347 e. The summed E-state index contributed by atoms with van der Waals surface area (Å²) in [6, 6.07) is 4.23. The molecule has 1 unspecified atom stereocenters. The number of hydrogen-bond acceptors (Lipinski definition) is 3. The van der Waals surface area contributed by atoms with Crippen molar-refractivity contribution in [2.24, 2.45) is 0 Å². The van der Waals surface area contributed by atoms with Crippen LogP contribution in [0.25, 0.3) is 0 Å². The Hall–Kier alpha value is -1.37. The van der Waals surface area contributed by atoms with Gasteiger partial charge < -0.3 is 4.98 Å². The summed E-state index contributed by atoms with van der Waals surface area (Å²) >= 11 is 5.82. The second kappa shape index (κ2) is 5.32. The Labute approximate surface area is 117 Å². The lowest BCUT2D eigenvalue weighted by molar-refractivity contribution is 0.560. The minimum atomic E-state index is -3.60. The molecule has 0 spiro atoms. The first-order chi connectivity index (χ1) is 8.90. The van der Waals surface area contributed by atoms with Gasteiger partial charge in [-0.1, -0.05) is 11.6 Å². The van der Waals surface area contributed by atoms with E-state index in [1.54, 1.807) is 38.4 Å². The summed E-state index contributed by atoms with van der Waals surface area (Å²) in [6.45, 7) is 3.43. The molecule has 0 amide bonds. The molecule has 1 aromatic carbocycles. The lowest BCUT2D eigenvalue weighted by atomic mass is 10.2. The number of nitrogens with zero attached hydrogens (tertiary/aromatic N) is 1. The normalized spacial score (nSPS) is 13.4. The highest BCUT2D eigenvalue weighted by Crippen LogP contribution is 2.21. The van der Waals surface area contributed by atoms with Crippen molar-refractivity contribution in [2.45, 2.75) is 24.8 Å². The molecule has 0 fully saturated rings. The molecule has 0 saturated carbocycles. The summed E-state index contributed by atoms with van der Waals surface area (Å²) in [6.07, 6.45) is 3.22. The average Bonchev–Trinajstić information content (AvgIpc) is 2.80. The van der Waals surface area contributed by atoms with Gasteiger partial charge in [0, 0.05) is 17.4 Å². The molecule has 102 valence electrons. The number of rotatable bonds is 4. The van der Waals surface area contributed by atoms with Crippen molar-refractivity contribution < 1.29 is 8.42 Å². The molecule has 1 aromatic heterocycles. The predicted molar refractivity (Wildman–Crippen MR) is 73.5 cm³/mol. The van der Waals surface area contributed by atoms with Crippen LogP contribution in [0.1, 0.15) is 24.4 Å². The maximum atomic E-state index is 12.3. The van der Waals surface area contributed by atoms with E-state index in [2.05, 4.69) is 14.7 Å². The molecule has 2 aromatic rings. The van der Waals surface area contributed by atoms with Crippen molar-refractivity contribution in [3.8, 4) is 0 Å². The SMILES string of the molecule is Cc1cc(Cl)ccc1S(=O)(=O)NC(C)c1ncc[nH]1. The molecule has 1 heterocycles. The first kappa shape index (κ1) is 14.0. The fourth-order valence-electron chi connectivity index (χ4n) is 1.78. The van der Waals surface area contributed by atoms with Crippen LogP contribution >= 0.6 is 11.6 Å². The van der Waals surface area contributed by atoms with Gasteiger partial charge in [-0.3, -0.25) is 0 Å². The van der Waals surface area contributed by atoms with Crippen LogP contribution in [0.4, 0.5) is 0 Å². The second-order valence-corrected chi connectivity index (χ2v) is 6.35. The smallest absolute Gasteiger partial charge is 0.241 e. The molecule has 0 aliphatic heterocycles. The van der Waals surface area contributed by atoms with E-state index in [4.69, 9.17) is 11.6 Å². The molecule has 0 radical (unpaired) electrons. The maximum absolute atomic E-state index is 12.3. The van der Waals surface area contributed by atoms with Gasteiger partial charge in [-0.25, -0.2) is 18.1 Å². The molecule has 0 aliphatic carbocycles. The number of nitrogens with one attached hydrogen (secondary N) is 2. The highest BCUT2D eigenvalue weighted by atomic mass is 35.5. The van der Waals surface area contributed by atoms with Gasteiger partial charge in [0.2, 0.25) is 10.0 Å². The molecule has 0 saturated heterocycles. The molecule has 2 N–H and O–H groups in total. The Kier molecular flexibility index (Phi) is 3.93. The van der Waals surface area contributed by atoms with E-state index in [1.165, 1.54) is 6.07 Å². The van der Waals surface area contributed by atoms with Gasteiger partial charge in [0.1, 0.15) is 5.82 Å². The number of sulfonamides is 1. The number of hydrogen-bond donors (Lipinski definition) is 2. The van der Waals surface area contributed by atoms with E-state index in [-0.39, 0.29) is 4.90 Å². The molecular formula is C12H14ClN3O2S. The number of H-pyrrole nitrogens is 1. The number of benzene rings is 1. The van der Waals surface area contributed by atoms with Crippen molar-refractivity contribution in [2.75, 3.05) is 0 Å². The number of aryl methyl sites for hydroxylation is 1. The average molecular weight is 300 g/mol. The van der Waals surface area contributed by atoms with Crippen LogP contribution in [-0.4, -0.2) is 18.4 Å². The van der Waals surface area contributed by atoms with Crippen LogP contribution < -0.4 is 4.72 Å². The Balaban J connectivity index is 2.28. The lowest BCUT2D eigenvalue weighted by Gasteiger charge is -2.13. The summed E-state index contributed by atoms with van der Waals surface area (Å²) in [4.78, 5) is 7.12. The van der Waals surface area contributed by atoms with E-state index < -0.39 is 16.1 Å². The zero-order valence-electron chi connectivity index (χ0n) is 10.5. The first-order valence-corrected chi connectivity index (χ1v) is 7.54. The molecule has 2 rings (SSSR count). The predicted octanol–water partition coefficient (Wildman–Crippen LogP) is 2.41. The summed E-state index contributed by atoms with van der Waals surface area (Å²) in [5.41, 5.74) is 0.603. The van der Waals surface area contributed by atoms with E-state index >= 15 is 0 Å². The Morgan fingerprint density at radius 3 is 2.74 bits per heavy atom. The first-order valence-electron chi connectivity index (χ1n) is 5.68. The van der Waals surface area contributed by atoms with Gasteiger partial charge in [-0.15, -0.1) is 0 Å². The molecule has 7 heteroatoms. The fourth-order valence-corrected chi connectivity index (χ4v) is 3.44. The van der Waals surface area contributed by atoms with Gasteiger partial charge in [0.05, 0.1) is 10.9 Å². The number of halogens is 1. The second-order valence-electron chi connectivity index (χ2n) is 4.23. The zero-order valence-corrected chi connectivity index (χ0v) is 12.1. The van der Waals surface area contributed by atoms with E-state index in [0.29, 0.717) is 16.4 Å². The minimum Gasteiger partial charge on any atom is -0.347 e. The highest BCUT2D eigenvalue weighted by molar-refractivity contribution is 7.89. The summed E-state index contributed by atoms with van der Waals surface area (Å²) in [5, 5.41) is 0.510. The van der Waals surface area contributed by atoms with Crippen LogP contribution in [0, 0.1) is 6.92 Å². The van der Waals surface area contributed by atoms with E-state index in [1.807, 2.05) is 0 Å². The van der Waals surface area contributed by atoms with Gasteiger partial charge in [-0.2, -0.15) is 0 Å². The minimum absolute atomic E-state index is 0.218. The van der Waals surface area contributed by atoms with Gasteiger partial charge in [-0.05, 0) is 37.6 Å². The van der Waals surface area contributed by atoms with Crippen molar-refractivity contribution >= 4 is 21.6 Å². The van der Waals surface area contributed by atoms with Gasteiger partial charge in [0.15, 0.2) is 0 Å². The standard InChI is InChI=1S/C12H14ClN3O2S/c1-8-7-10(13)3-4-11(8)19(17,18)16-9(2)12-14-5-6-15-12/h3-7,9,16H,1-2H3,(H,14,15). The third-order valence-corrected chi connectivity index (χ3v) is 4.62. The maximum Gasteiger partial charge on any atom is 0.241 e. The van der Waals surface area contributed by atoms with E-state index in [0.717, 1.165) is 0 Å². The van der Waals surface area contributed by atoms with Crippen LogP contribution in [0.5, 0.6) is 0 Å². The Bertz CT molecular complexity index is 668. The van der Waals surface area contributed by atoms with Crippen LogP contribution in [0.15, 0.2) is 35.5 Å². The van der Waals surface area contributed by atoms with Crippen molar-refractivity contribution in [3.63, 3.8) is 0 Å². The summed E-state index contributed by atoms with van der Waals surface area (Å²) in [5.74, 6) is 0.565. The molecule has 0 bridgehead atoms. The Morgan fingerprint density at radius 1 is 1.42 bits per heavy atom. The van der Waals surface area contributed by atoms with Crippen molar-refractivity contribution in [3.05, 3.63) is 47.0 Å². The van der Waals surface area contributed by atoms with Gasteiger partial charge >= 0.3 is 0 Å². The third-order valence-electron chi connectivity index (χ3n) is 2.69. The quantitative estimate of drug-likeness (QED) is 0.910. The van der Waals surface area contributed by atoms with Crippen molar-refractivity contribution in [1.82, 2.24) is 14.7 Å². The molecular weight excluding hydrogens is 286 g/mol. The molecule has 0 aliphatic rings. The fraction of sp³-hybridized carbons (Fsp3) is 0.250. The summed E-state index contributed by atoms with van der Waals surface area (Å²) in [7, 11) is -3.60. The zero-order chi connectivity index (χ0) is 14.0. The molecule has 5 nitrogen and oxygen atoms in total. The van der Waals surface area contributed by atoms with Crippen LogP contribution in [0.3, 0.4) is 0 Å². The Morgan fingerprint density at radius 2 is 2.16 bits per heavy atom. The number of aromatic nitrogens is 2. The third kappa shape index (κ3) is 3.15. The van der Waals surface area contributed by atoms with Gasteiger partial charge in [0.25, 0.3) is 0 Å². The lowest BCUT2D eigenvalue weighted by Crippen LogP contribution is -2.28. The monoisotopic (exact) mass is 299 g/mol. The van der Waals surface area contributed by atoms with Crippen LogP contribution in [-0.2, 0) is 10.0 Å². The van der Waals surface area contributed by atoms with Crippen LogP contribution in [0.2, 0.25) is 5.02 Å². The molecule has 19 heavy (non-hydrogen) atoms. The molecule has 1 atom stereocenters. The summed E-state index contributed by atoms with van der Waals surface area (Å²) < 4.78 is 27.1. The number of aromatic amines is 1. The number of imidazole rings is 1.